The average Bonchev–Trinajstić information content (AvgIpc) is 3.00. The zero-order chi connectivity index (χ0) is 12.5. The molecule has 18 heavy (non-hydrogen) atoms. The molecule has 0 aromatic carbocycles. The number of nitrogens with zero attached hydrogens (tertiary/aromatic N) is 2. The number of rotatable bonds is 4. The Bertz CT molecular complexity index is 389. The van der Waals surface area contributed by atoms with Crippen molar-refractivity contribution >= 4 is 16.5 Å². The van der Waals surface area contributed by atoms with Crippen molar-refractivity contribution in [3.05, 3.63) is 11.1 Å². The first kappa shape index (κ1) is 12.4. The maximum atomic E-state index is 4.77. The number of fused-ring (bicyclic) bond motifs is 1. The van der Waals surface area contributed by atoms with E-state index in [4.69, 9.17) is 4.98 Å². The Hall–Kier alpha value is -0.610. The zero-order valence-corrected chi connectivity index (χ0v) is 12.2. The van der Waals surface area contributed by atoms with E-state index in [1.807, 2.05) is 11.3 Å². The van der Waals surface area contributed by atoms with Crippen LogP contribution in [0.25, 0.3) is 0 Å². The first-order valence-electron chi connectivity index (χ1n) is 7.15. The lowest BCUT2D eigenvalue weighted by Gasteiger charge is -2.15. The summed E-state index contributed by atoms with van der Waals surface area (Å²) in [4.78, 5) is 7.29. The molecule has 0 bridgehead atoms. The first-order valence-corrected chi connectivity index (χ1v) is 8.03. The summed E-state index contributed by atoms with van der Waals surface area (Å²) in [6, 6.07) is 0.529. The van der Waals surface area contributed by atoms with Gasteiger partial charge in [0.25, 0.3) is 0 Å². The third-order valence-corrected chi connectivity index (χ3v) is 5.18. The van der Waals surface area contributed by atoms with Crippen LogP contribution in [0.1, 0.15) is 38.8 Å². The predicted octanol–water partition coefficient (Wildman–Crippen LogP) is 2.88. The molecule has 1 aromatic heterocycles. The summed E-state index contributed by atoms with van der Waals surface area (Å²) in [6.45, 7) is 7.74. The molecule has 0 amide bonds. The number of hydrogen-bond donors (Lipinski definition) is 1. The van der Waals surface area contributed by atoms with Crippen LogP contribution in [0.3, 0.4) is 0 Å². The van der Waals surface area contributed by atoms with E-state index in [1.54, 1.807) is 0 Å². The SMILES string of the molecule is CC(C)NCc1csc(N2CC3CCCC3C2)n1. The van der Waals surface area contributed by atoms with E-state index in [9.17, 15) is 0 Å². The molecule has 1 aliphatic carbocycles. The zero-order valence-electron chi connectivity index (χ0n) is 11.4. The summed E-state index contributed by atoms with van der Waals surface area (Å²) in [5.41, 5.74) is 1.20. The van der Waals surface area contributed by atoms with Crippen LogP contribution in [0, 0.1) is 11.8 Å². The minimum absolute atomic E-state index is 0.529. The molecule has 2 fully saturated rings. The van der Waals surface area contributed by atoms with Crippen LogP contribution in [0.15, 0.2) is 5.38 Å². The minimum Gasteiger partial charge on any atom is -0.348 e. The molecule has 2 heterocycles. The van der Waals surface area contributed by atoms with Crippen molar-refractivity contribution in [1.82, 2.24) is 10.3 Å². The largest absolute Gasteiger partial charge is 0.348 e. The molecule has 3 nitrogen and oxygen atoms in total. The highest BCUT2D eigenvalue weighted by molar-refractivity contribution is 7.13. The van der Waals surface area contributed by atoms with Crippen LogP contribution < -0.4 is 10.2 Å². The van der Waals surface area contributed by atoms with Crippen LogP contribution in [0.2, 0.25) is 0 Å². The van der Waals surface area contributed by atoms with E-state index in [2.05, 4.69) is 29.4 Å². The second-order valence-corrected chi connectivity index (χ2v) is 6.85. The van der Waals surface area contributed by atoms with Crippen molar-refractivity contribution in [2.45, 2.75) is 45.7 Å². The van der Waals surface area contributed by atoms with Gasteiger partial charge in [0.05, 0.1) is 5.69 Å². The smallest absolute Gasteiger partial charge is 0.185 e. The Kier molecular flexibility index (Phi) is 3.57. The summed E-state index contributed by atoms with van der Waals surface area (Å²) >= 11 is 1.81. The van der Waals surface area contributed by atoms with Crippen LogP contribution in [-0.4, -0.2) is 24.1 Å². The van der Waals surface area contributed by atoms with Gasteiger partial charge >= 0.3 is 0 Å². The lowest BCUT2D eigenvalue weighted by atomic mass is 10.0. The molecular weight excluding hydrogens is 242 g/mol. The van der Waals surface area contributed by atoms with E-state index in [0.717, 1.165) is 18.4 Å². The number of hydrogen-bond acceptors (Lipinski definition) is 4. The van der Waals surface area contributed by atoms with Crippen LogP contribution >= 0.6 is 11.3 Å². The molecule has 1 saturated carbocycles. The highest BCUT2D eigenvalue weighted by atomic mass is 32.1. The fraction of sp³-hybridized carbons (Fsp3) is 0.786. The third kappa shape index (κ3) is 2.54. The molecule has 0 radical (unpaired) electrons. The van der Waals surface area contributed by atoms with Crippen molar-refractivity contribution in [3.63, 3.8) is 0 Å². The number of aromatic nitrogens is 1. The highest BCUT2D eigenvalue weighted by Gasteiger charge is 2.36. The Labute approximate surface area is 114 Å². The van der Waals surface area contributed by atoms with Gasteiger partial charge < -0.3 is 10.2 Å². The van der Waals surface area contributed by atoms with E-state index < -0.39 is 0 Å². The first-order chi connectivity index (χ1) is 8.72. The van der Waals surface area contributed by atoms with Gasteiger partial charge in [-0.2, -0.15) is 0 Å². The fourth-order valence-electron chi connectivity index (χ4n) is 3.22. The Morgan fingerprint density at radius 3 is 2.78 bits per heavy atom. The summed E-state index contributed by atoms with van der Waals surface area (Å²) < 4.78 is 0. The topological polar surface area (TPSA) is 28.2 Å². The van der Waals surface area contributed by atoms with Gasteiger partial charge in [-0.05, 0) is 24.7 Å². The van der Waals surface area contributed by atoms with E-state index in [-0.39, 0.29) is 0 Å². The Morgan fingerprint density at radius 2 is 2.11 bits per heavy atom. The van der Waals surface area contributed by atoms with Gasteiger partial charge in [-0.3, -0.25) is 0 Å². The number of anilines is 1. The normalized spacial score (nSPS) is 27.2. The van der Waals surface area contributed by atoms with E-state index in [1.165, 1.54) is 43.2 Å². The molecule has 2 atom stereocenters. The maximum absolute atomic E-state index is 4.77. The molecule has 0 spiro atoms. The molecular formula is C14H23N3S. The monoisotopic (exact) mass is 265 g/mol. The quantitative estimate of drug-likeness (QED) is 0.907. The Balaban J connectivity index is 1.60. The summed E-state index contributed by atoms with van der Waals surface area (Å²) in [5, 5.41) is 6.88. The van der Waals surface area contributed by atoms with Crippen molar-refractivity contribution < 1.29 is 0 Å². The fourth-order valence-corrected chi connectivity index (χ4v) is 4.07. The summed E-state index contributed by atoms with van der Waals surface area (Å²) in [5.74, 6) is 1.90. The standard InChI is InChI=1S/C14H23N3S/c1-10(2)15-6-13-9-18-14(16-13)17-7-11-4-3-5-12(11)8-17/h9-12,15H,3-8H2,1-2H3. The van der Waals surface area contributed by atoms with E-state index >= 15 is 0 Å². The molecule has 2 unspecified atom stereocenters. The van der Waals surface area contributed by atoms with Gasteiger partial charge in [0.1, 0.15) is 0 Å². The average molecular weight is 265 g/mol. The van der Waals surface area contributed by atoms with Gasteiger partial charge in [0.15, 0.2) is 5.13 Å². The molecule has 100 valence electrons. The lowest BCUT2D eigenvalue weighted by Crippen LogP contribution is -2.23. The van der Waals surface area contributed by atoms with Crippen LogP contribution in [0.5, 0.6) is 0 Å². The maximum Gasteiger partial charge on any atom is 0.185 e. The van der Waals surface area contributed by atoms with Gasteiger partial charge in [-0.25, -0.2) is 4.98 Å². The lowest BCUT2D eigenvalue weighted by molar-refractivity contribution is 0.494. The number of nitrogens with one attached hydrogen (secondary N) is 1. The third-order valence-electron chi connectivity index (χ3n) is 4.23. The second-order valence-electron chi connectivity index (χ2n) is 6.01. The number of thiazole rings is 1. The van der Waals surface area contributed by atoms with Crippen molar-refractivity contribution in [1.29, 1.82) is 0 Å². The molecule has 3 rings (SSSR count). The van der Waals surface area contributed by atoms with Crippen LogP contribution in [-0.2, 0) is 6.54 Å². The second kappa shape index (κ2) is 5.17. The molecule has 2 aliphatic rings. The predicted molar refractivity (Wildman–Crippen MR) is 77.1 cm³/mol. The van der Waals surface area contributed by atoms with Crippen LogP contribution in [0.4, 0.5) is 5.13 Å². The summed E-state index contributed by atoms with van der Waals surface area (Å²) in [6.07, 6.45) is 4.33. The molecule has 1 aromatic rings. The van der Waals surface area contributed by atoms with Crippen molar-refractivity contribution in [2.75, 3.05) is 18.0 Å². The van der Waals surface area contributed by atoms with E-state index in [0.29, 0.717) is 6.04 Å². The summed E-state index contributed by atoms with van der Waals surface area (Å²) in [7, 11) is 0. The Morgan fingerprint density at radius 1 is 1.39 bits per heavy atom. The van der Waals surface area contributed by atoms with Crippen molar-refractivity contribution in [3.8, 4) is 0 Å². The van der Waals surface area contributed by atoms with Gasteiger partial charge in [-0.1, -0.05) is 20.3 Å². The highest BCUT2D eigenvalue weighted by Crippen LogP contribution is 2.40. The van der Waals surface area contributed by atoms with Crippen molar-refractivity contribution in [2.24, 2.45) is 11.8 Å². The van der Waals surface area contributed by atoms with Gasteiger partial charge in [-0.15, -0.1) is 11.3 Å². The minimum atomic E-state index is 0.529. The van der Waals surface area contributed by atoms with Gasteiger partial charge in [0.2, 0.25) is 0 Å². The molecule has 1 aliphatic heterocycles. The molecule has 4 heteroatoms. The van der Waals surface area contributed by atoms with Gasteiger partial charge in [0, 0.05) is 31.1 Å². The molecule has 1 saturated heterocycles. The molecule has 1 N–H and O–H groups in total.